The van der Waals surface area contributed by atoms with Crippen LogP contribution in [-0.4, -0.2) is 17.8 Å². The molecule has 0 aliphatic rings. The third-order valence-corrected chi connectivity index (χ3v) is 4.74. The van der Waals surface area contributed by atoms with Crippen LogP contribution in [0.5, 0.6) is 5.75 Å². The van der Waals surface area contributed by atoms with Gasteiger partial charge in [0.2, 0.25) is 5.13 Å². The highest BCUT2D eigenvalue weighted by Crippen LogP contribution is 2.25. The van der Waals surface area contributed by atoms with Crippen LogP contribution in [0.3, 0.4) is 0 Å². The Morgan fingerprint density at radius 1 is 1.12 bits per heavy atom. The second kappa shape index (κ2) is 7.94. The number of hydrazone groups is 1. The summed E-state index contributed by atoms with van der Waals surface area (Å²) in [6.45, 7) is 4.12. The summed E-state index contributed by atoms with van der Waals surface area (Å²) in [6.07, 6.45) is 1.05. The summed E-state index contributed by atoms with van der Waals surface area (Å²) in [6, 6.07) is 16.4. The van der Waals surface area contributed by atoms with Crippen molar-refractivity contribution in [1.82, 2.24) is 4.98 Å². The van der Waals surface area contributed by atoms with Crippen molar-refractivity contribution in [3.63, 3.8) is 0 Å². The summed E-state index contributed by atoms with van der Waals surface area (Å²) >= 11 is 1.55. The van der Waals surface area contributed by atoms with E-state index in [0.29, 0.717) is 0 Å². The minimum absolute atomic E-state index is 0.780. The Balaban J connectivity index is 1.69. The zero-order valence-corrected chi connectivity index (χ0v) is 15.4. The molecule has 0 spiro atoms. The van der Waals surface area contributed by atoms with E-state index in [4.69, 9.17) is 4.74 Å². The molecule has 0 saturated carbocycles. The Labute approximate surface area is 152 Å². The van der Waals surface area contributed by atoms with Crippen LogP contribution in [0.2, 0.25) is 0 Å². The molecule has 0 radical (unpaired) electrons. The lowest BCUT2D eigenvalue weighted by Gasteiger charge is -2.03. The number of aromatic nitrogens is 1. The number of benzene rings is 2. The molecule has 0 fully saturated rings. The van der Waals surface area contributed by atoms with E-state index in [1.165, 1.54) is 5.56 Å². The van der Waals surface area contributed by atoms with Gasteiger partial charge in [0.05, 0.1) is 18.5 Å². The lowest BCUT2D eigenvalue weighted by Crippen LogP contribution is -1.99. The number of thiazole rings is 1. The Morgan fingerprint density at radius 3 is 2.48 bits per heavy atom. The van der Waals surface area contributed by atoms with E-state index in [0.717, 1.165) is 39.8 Å². The summed E-state index contributed by atoms with van der Waals surface area (Å²) in [5, 5.41) is 7.25. The Bertz CT molecular complexity index is 851. The van der Waals surface area contributed by atoms with E-state index in [1.807, 2.05) is 36.6 Å². The first-order valence-corrected chi connectivity index (χ1v) is 9.07. The Kier molecular flexibility index (Phi) is 5.46. The average Bonchev–Trinajstić information content (AvgIpc) is 3.15. The maximum absolute atomic E-state index is 5.17. The number of methoxy groups -OCH3 is 1. The van der Waals surface area contributed by atoms with Crippen LogP contribution in [0.25, 0.3) is 11.3 Å². The predicted molar refractivity (Wildman–Crippen MR) is 106 cm³/mol. The molecule has 128 valence electrons. The molecule has 0 saturated heterocycles. The highest BCUT2D eigenvalue weighted by molar-refractivity contribution is 7.14. The number of nitrogens with zero attached hydrogens (tertiary/aromatic N) is 2. The van der Waals surface area contributed by atoms with Gasteiger partial charge in [0.25, 0.3) is 0 Å². The van der Waals surface area contributed by atoms with Crippen molar-refractivity contribution in [1.29, 1.82) is 0 Å². The van der Waals surface area contributed by atoms with Crippen LogP contribution in [-0.2, 0) is 6.42 Å². The molecule has 5 heteroatoms. The van der Waals surface area contributed by atoms with Gasteiger partial charge in [0.15, 0.2) is 0 Å². The minimum atomic E-state index is 0.780. The summed E-state index contributed by atoms with van der Waals surface area (Å²) in [4.78, 5) is 4.61. The van der Waals surface area contributed by atoms with Crippen molar-refractivity contribution >= 4 is 22.2 Å². The fraction of sp³-hybridized carbons (Fsp3) is 0.200. The number of anilines is 1. The monoisotopic (exact) mass is 351 g/mol. The van der Waals surface area contributed by atoms with E-state index in [9.17, 15) is 0 Å². The first-order valence-electron chi connectivity index (χ1n) is 8.19. The van der Waals surface area contributed by atoms with Crippen LogP contribution in [0.15, 0.2) is 59.0 Å². The molecule has 3 rings (SSSR count). The molecule has 3 aromatic rings. The van der Waals surface area contributed by atoms with Crippen molar-refractivity contribution < 1.29 is 4.74 Å². The van der Waals surface area contributed by atoms with Crippen LogP contribution in [0, 0.1) is 0 Å². The lowest BCUT2D eigenvalue weighted by molar-refractivity contribution is 0.415. The topological polar surface area (TPSA) is 46.5 Å². The van der Waals surface area contributed by atoms with Gasteiger partial charge in [-0.05, 0) is 48.7 Å². The van der Waals surface area contributed by atoms with Gasteiger partial charge in [0.1, 0.15) is 5.75 Å². The number of hydrogen-bond donors (Lipinski definition) is 1. The quantitative estimate of drug-likeness (QED) is 0.489. The van der Waals surface area contributed by atoms with E-state index >= 15 is 0 Å². The molecular formula is C20H21N3OS. The number of hydrogen-bond acceptors (Lipinski definition) is 5. The standard InChI is InChI=1S/C20H21N3OS/c1-4-15-5-7-17(8-6-15)19-13-25-20(21-19)23-22-14(2)16-9-11-18(24-3)12-10-16/h5-13H,4H2,1-3H3,(H,21,23). The summed E-state index contributed by atoms with van der Waals surface area (Å²) < 4.78 is 5.17. The van der Waals surface area contributed by atoms with Crippen LogP contribution in [0.1, 0.15) is 25.0 Å². The Hall–Kier alpha value is -2.66. The van der Waals surface area contributed by atoms with Crippen molar-refractivity contribution in [3.05, 3.63) is 65.0 Å². The summed E-state index contributed by atoms with van der Waals surface area (Å²) in [7, 11) is 1.66. The normalized spacial score (nSPS) is 11.4. The third kappa shape index (κ3) is 4.25. The maximum Gasteiger partial charge on any atom is 0.203 e. The van der Waals surface area contributed by atoms with Gasteiger partial charge in [-0.3, -0.25) is 5.43 Å². The number of ether oxygens (including phenoxy) is 1. The lowest BCUT2D eigenvalue weighted by atomic mass is 10.1. The average molecular weight is 351 g/mol. The molecule has 0 atom stereocenters. The van der Waals surface area contributed by atoms with Crippen LogP contribution < -0.4 is 10.2 Å². The molecule has 1 heterocycles. The number of nitrogens with one attached hydrogen (secondary N) is 1. The molecule has 0 amide bonds. The van der Waals surface area contributed by atoms with Crippen molar-refractivity contribution in [3.8, 4) is 17.0 Å². The molecule has 0 aliphatic carbocycles. The fourth-order valence-corrected chi connectivity index (χ4v) is 3.06. The van der Waals surface area contributed by atoms with Gasteiger partial charge in [-0.1, -0.05) is 31.2 Å². The summed E-state index contributed by atoms with van der Waals surface area (Å²) in [5.41, 5.74) is 8.40. The molecular weight excluding hydrogens is 330 g/mol. The first kappa shape index (κ1) is 17.2. The van der Waals surface area contributed by atoms with Gasteiger partial charge < -0.3 is 4.74 Å². The number of aryl methyl sites for hydroxylation is 1. The van der Waals surface area contributed by atoms with Crippen LogP contribution >= 0.6 is 11.3 Å². The molecule has 0 bridgehead atoms. The minimum Gasteiger partial charge on any atom is -0.497 e. The highest BCUT2D eigenvalue weighted by Gasteiger charge is 2.05. The zero-order chi connectivity index (χ0) is 17.6. The third-order valence-electron chi connectivity index (χ3n) is 3.99. The second-order valence-corrected chi connectivity index (χ2v) is 6.48. The largest absolute Gasteiger partial charge is 0.497 e. The molecule has 1 aromatic heterocycles. The molecule has 25 heavy (non-hydrogen) atoms. The van der Waals surface area contributed by atoms with E-state index in [-0.39, 0.29) is 0 Å². The van der Waals surface area contributed by atoms with E-state index < -0.39 is 0 Å². The van der Waals surface area contributed by atoms with Gasteiger partial charge in [-0.15, -0.1) is 11.3 Å². The maximum atomic E-state index is 5.17. The molecule has 0 unspecified atom stereocenters. The highest BCUT2D eigenvalue weighted by atomic mass is 32.1. The molecule has 1 N–H and O–H groups in total. The second-order valence-electron chi connectivity index (χ2n) is 5.63. The predicted octanol–water partition coefficient (Wildman–Crippen LogP) is 5.22. The van der Waals surface area contributed by atoms with E-state index in [1.54, 1.807) is 18.4 Å². The zero-order valence-electron chi connectivity index (χ0n) is 14.6. The van der Waals surface area contributed by atoms with Crippen molar-refractivity contribution in [2.24, 2.45) is 5.10 Å². The van der Waals surface area contributed by atoms with E-state index in [2.05, 4.69) is 46.7 Å². The fourth-order valence-electron chi connectivity index (χ4n) is 2.40. The molecule has 2 aromatic carbocycles. The smallest absolute Gasteiger partial charge is 0.203 e. The SMILES string of the molecule is CCc1ccc(-c2csc(NN=C(C)c3ccc(OC)cc3)n2)cc1. The van der Waals surface area contributed by atoms with Gasteiger partial charge in [-0.25, -0.2) is 4.98 Å². The molecule has 4 nitrogen and oxygen atoms in total. The van der Waals surface area contributed by atoms with Gasteiger partial charge in [0, 0.05) is 10.9 Å². The van der Waals surface area contributed by atoms with Gasteiger partial charge >= 0.3 is 0 Å². The number of rotatable bonds is 6. The first-order chi connectivity index (χ1) is 12.2. The van der Waals surface area contributed by atoms with Crippen molar-refractivity contribution in [2.45, 2.75) is 20.3 Å². The summed E-state index contributed by atoms with van der Waals surface area (Å²) in [5.74, 6) is 0.836. The Morgan fingerprint density at radius 2 is 1.84 bits per heavy atom. The van der Waals surface area contributed by atoms with Gasteiger partial charge in [-0.2, -0.15) is 5.10 Å². The van der Waals surface area contributed by atoms with Crippen molar-refractivity contribution in [2.75, 3.05) is 12.5 Å². The van der Waals surface area contributed by atoms with Crippen LogP contribution in [0.4, 0.5) is 5.13 Å². The molecule has 0 aliphatic heterocycles.